The molecule has 0 radical (unpaired) electrons. The standard InChI is InChI=1S/C11H24N2.CH3NO2/c1-11(2,3)13-10-6-4-9(8-12)5-7-10;2-1(3)4/h9-10,13H,4-8,12H2,1-3H3;2H2,(H,3,4). The van der Waals surface area contributed by atoms with Crippen LogP contribution in [0.3, 0.4) is 0 Å². The third-order valence-electron chi connectivity index (χ3n) is 2.82. The molecule has 0 aromatic carbocycles. The van der Waals surface area contributed by atoms with Crippen LogP contribution in [-0.2, 0) is 0 Å². The SMILES string of the molecule is CC(C)(C)NC1CCC(CN)CC1.NC(=O)O. The van der Waals surface area contributed by atoms with E-state index >= 15 is 0 Å². The van der Waals surface area contributed by atoms with Crippen LogP contribution in [0.25, 0.3) is 0 Å². The molecule has 1 fully saturated rings. The van der Waals surface area contributed by atoms with Crippen LogP contribution in [0.5, 0.6) is 0 Å². The van der Waals surface area contributed by atoms with Gasteiger partial charge < -0.3 is 21.9 Å². The zero-order valence-electron chi connectivity index (χ0n) is 11.2. The van der Waals surface area contributed by atoms with Crippen molar-refractivity contribution >= 4 is 6.09 Å². The fourth-order valence-electron chi connectivity index (χ4n) is 2.15. The first-order valence-corrected chi connectivity index (χ1v) is 6.20. The number of nitrogens with two attached hydrogens (primary N) is 2. The smallest absolute Gasteiger partial charge is 0.402 e. The number of rotatable bonds is 2. The average Bonchev–Trinajstić information content (AvgIpc) is 2.15. The van der Waals surface area contributed by atoms with Gasteiger partial charge in [-0.15, -0.1) is 0 Å². The van der Waals surface area contributed by atoms with E-state index in [2.05, 4.69) is 31.8 Å². The van der Waals surface area contributed by atoms with E-state index in [0.717, 1.165) is 18.5 Å². The summed E-state index contributed by atoms with van der Waals surface area (Å²) < 4.78 is 0. The highest BCUT2D eigenvalue weighted by Crippen LogP contribution is 2.24. The summed E-state index contributed by atoms with van der Waals surface area (Å²) in [5.74, 6) is 0.790. The Morgan fingerprint density at radius 3 is 2.00 bits per heavy atom. The molecule has 1 amide bonds. The van der Waals surface area contributed by atoms with E-state index in [-0.39, 0.29) is 5.54 Å². The largest absolute Gasteiger partial charge is 0.465 e. The minimum Gasteiger partial charge on any atom is -0.465 e. The van der Waals surface area contributed by atoms with Crippen molar-refractivity contribution in [2.24, 2.45) is 17.4 Å². The molecule has 0 saturated heterocycles. The minimum absolute atomic E-state index is 0.264. The summed E-state index contributed by atoms with van der Waals surface area (Å²) >= 11 is 0. The van der Waals surface area contributed by atoms with Gasteiger partial charge in [0.15, 0.2) is 0 Å². The Balaban J connectivity index is 0.000000557. The number of nitrogens with one attached hydrogen (secondary N) is 1. The van der Waals surface area contributed by atoms with Gasteiger partial charge in [-0.2, -0.15) is 0 Å². The maximum Gasteiger partial charge on any atom is 0.402 e. The number of primary amides is 1. The zero-order valence-corrected chi connectivity index (χ0v) is 11.2. The molecule has 5 nitrogen and oxygen atoms in total. The topological polar surface area (TPSA) is 101 Å². The predicted molar refractivity (Wildman–Crippen MR) is 69.9 cm³/mol. The van der Waals surface area contributed by atoms with Crippen LogP contribution in [0.1, 0.15) is 46.5 Å². The van der Waals surface area contributed by atoms with Crippen LogP contribution < -0.4 is 16.8 Å². The average molecular weight is 245 g/mol. The highest BCUT2D eigenvalue weighted by molar-refractivity contribution is 5.61. The van der Waals surface area contributed by atoms with Crippen LogP contribution in [0.15, 0.2) is 0 Å². The Kier molecular flexibility index (Phi) is 7.15. The van der Waals surface area contributed by atoms with Crippen molar-refractivity contribution in [1.82, 2.24) is 5.32 Å². The summed E-state index contributed by atoms with van der Waals surface area (Å²) in [6.45, 7) is 7.59. The van der Waals surface area contributed by atoms with Crippen molar-refractivity contribution < 1.29 is 9.90 Å². The highest BCUT2D eigenvalue weighted by atomic mass is 16.4. The number of carboxylic acid groups (broad SMARTS) is 1. The molecule has 0 aromatic rings. The fourth-order valence-corrected chi connectivity index (χ4v) is 2.15. The van der Waals surface area contributed by atoms with Gasteiger partial charge in [0.2, 0.25) is 0 Å². The summed E-state index contributed by atoms with van der Waals surface area (Å²) in [5, 5.41) is 10.9. The van der Waals surface area contributed by atoms with Gasteiger partial charge >= 0.3 is 6.09 Å². The van der Waals surface area contributed by atoms with Crippen molar-refractivity contribution in [1.29, 1.82) is 0 Å². The van der Waals surface area contributed by atoms with E-state index in [1.165, 1.54) is 25.7 Å². The van der Waals surface area contributed by atoms with Crippen LogP contribution in [0.2, 0.25) is 0 Å². The molecule has 6 N–H and O–H groups in total. The summed E-state index contributed by atoms with van der Waals surface area (Å²) in [6.07, 6.45) is 3.90. The molecule has 0 atom stereocenters. The fraction of sp³-hybridized carbons (Fsp3) is 0.917. The van der Waals surface area contributed by atoms with Crippen LogP contribution in [0, 0.1) is 5.92 Å². The van der Waals surface area contributed by atoms with Gasteiger partial charge in [-0.25, -0.2) is 4.79 Å². The summed E-state index contributed by atoms with van der Waals surface area (Å²) in [6, 6.07) is 0.725. The lowest BCUT2D eigenvalue weighted by atomic mass is 9.85. The maximum atomic E-state index is 8.78. The van der Waals surface area contributed by atoms with E-state index in [1.807, 2.05) is 0 Å². The molecule has 17 heavy (non-hydrogen) atoms. The van der Waals surface area contributed by atoms with Gasteiger partial charge in [-0.1, -0.05) is 0 Å². The molecule has 0 aromatic heterocycles. The summed E-state index contributed by atoms with van der Waals surface area (Å²) in [4.78, 5) is 8.78. The highest BCUT2D eigenvalue weighted by Gasteiger charge is 2.23. The summed E-state index contributed by atoms with van der Waals surface area (Å²) in [7, 11) is 0. The van der Waals surface area contributed by atoms with E-state index in [9.17, 15) is 0 Å². The molecule has 1 aliphatic carbocycles. The second kappa shape index (κ2) is 7.50. The van der Waals surface area contributed by atoms with Crippen molar-refractivity contribution in [3.63, 3.8) is 0 Å². The Morgan fingerprint density at radius 2 is 1.71 bits per heavy atom. The second-order valence-corrected chi connectivity index (χ2v) is 5.69. The Hall–Kier alpha value is -0.810. The van der Waals surface area contributed by atoms with Crippen LogP contribution in [0.4, 0.5) is 4.79 Å². The molecule has 1 saturated carbocycles. The van der Waals surface area contributed by atoms with Crippen molar-refractivity contribution in [2.75, 3.05) is 6.54 Å². The zero-order chi connectivity index (χ0) is 13.5. The van der Waals surface area contributed by atoms with E-state index < -0.39 is 6.09 Å². The Morgan fingerprint density at radius 1 is 1.29 bits per heavy atom. The molecule has 0 heterocycles. The molecule has 102 valence electrons. The minimum atomic E-state index is -1.33. The molecular weight excluding hydrogens is 218 g/mol. The van der Waals surface area contributed by atoms with Gasteiger partial charge in [0.1, 0.15) is 0 Å². The Labute approximate surface area is 104 Å². The molecule has 0 bridgehead atoms. The number of carbonyl (C=O) groups is 1. The number of hydrogen-bond donors (Lipinski definition) is 4. The van der Waals surface area contributed by atoms with Crippen molar-refractivity contribution in [3.05, 3.63) is 0 Å². The predicted octanol–water partition coefficient (Wildman–Crippen LogP) is 1.52. The van der Waals surface area contributed by atoms with Gasteiger partial charge in [0.05, 0.1) is 0 Å². The van der Waals surface area contributed by atoms with E-state index in [4.69, 9.17) is 15.6 Å². The number of amides is 1. The van der Waals surface area contributed by atoms with Gasteiger partial charge in [0, 0.05) is 11.6 Å². The first-order chi connectivity index (χ1) is 7.74. The normalized spacial score (nSPS) is 24.7. The molecule has 0 unspecified atom stereocenters. The molecule has 0 spiro atoms. The summed E-state index contributed by atoms with van der Waals surface area (Å²) in [5.41, 5.74) is 9.95. The lowest BCUT2D eigenvalue weighted by molar-refractivity contribution is 0.205. The molecule has 1 rings (SSSR count). The van der Waals surface area contributed by atoms with E-state index in [1.54, 1.807) is 0 Å². The Bertz CT molecular complexity index is 214. The van der Waals surface area contributed by atoms with Crippen LogP contribution in [-0.4, -0.2) is 29.3 Å². The van der Waals surface area contributed by atoms with E-state index in [0.29, 0.717) is 0 Å². The van der Waals surface area contributed by atoms with Gasteiger partial charge in [-0.3, -0.25) is 0 Å². The molecular formula is C12H27N3O2. The monoisotopic (exact) mass is 245 g/mol. The molecule has 0 aliphatic heterocycles. The maximum absolute atomic E-state index is 8.78. The van der Waals surface area contributed by atoms with Crippen LogP contribution >= 0.6 is 0 Å². The van der Waals surface area contributed by atoms with Gasteiger partial charge in [-0.05, 0) is 58.9 Å². The lowest BCUT2D eigenvalue weighted by Gasteiger charge is -2.33. The second-order valence-electron chi connectivity index (χ2n) is 5.69. The third-order valence-corrected chi connectivity index (χ3v) is 2.82. The van der Waals surface area contributed by atoms with Gasteiger partial charge in [0.25, 0.3) is 0 Å². The number of hydrogen-bond acceptors (Lipinski definition) is 3. The third kappa shape index (κ3) is 10.1. The van der Waals surface area contributed by atoms with Crippen molar-refractivity contribution in [3.8, 4) is 0 Å². The first kappa shape index (κ1) is 16.2. The quantitative estimate of drug-likeness (QED) is 0.592. The molecule has 5 heteroatoms. The van der Waals surface area contributed by atoms with Crippen molar-refractivity contribution in [2.45, 2.75) is 58.0 Å². The lowest BCUT2D eigenvalue weighted by Crippen LogP contribution is -2.45. The first-order valence-electron chi connectivity index (χ1n) is 6.20. The molecule has 1 aliphatic rings.